The summed E-state index contributed by atoms with van der Waals surface area (Å²) in [5.41, 5.74) is 2.53. The first-order valence-electron chi connectivity index (χ1n) is 7.63. The summed E-state index contributed by atoms with van der Waals surface area (Å²) in [7, 11) is 1.63. The molecule has 1 N–H and O–H groups in total. The number of hydrogen-bond donors (Lipinski definition) is 1. The van der Waals surface area contributed by atoms with Gasteiger partial charge in [0.1, 0.15) is 5.75 Å². The molecule has 6 nitrogen and oxygen atoms in total. The molecule has 0 fully saturated rings. The van der Waals surface area contributed by atoms with Crippen molar-refractivity contribution in [3.63, 3.8) is 0 Å². The van der Waals surface area contributed by atoms with Gasteiger partial charge < -0.3 is 4.74 Å². The van der Waals surface area contributed by atoms with Crippen LogP contribution in [-0.4, -0.2) is 34.2 Å². The van der Waals surface area contributed by atoms with E-state index in [0.717, 1.165) is 22.6 Å². The maximum absolute atomic E-state index is 12.0. The monoisotopic (exact) mass is 384 g/mol. The van der Waals surface area contributed by atoms with Crippen LogP contribution in [0.15, 0.2) is 53.3 Å². The standard InChI is InChI=1S/C18H16N4O2S2/c1-24-14-6-4-13(5-7-14)15-11-26-18(21-15)22-16(23)8-3-12-9-19-17(25-2)20-10-12/h3-11H,1-2H3,(H,21,22,23)/b8-3+. The van der Waals surface area contributed by atoms with Crippen molar-refractivity contribution < 1.29 is 9.53 Å². The van der Waals surface area contributed by atoms with Gasteiger partial charge in [0.15, 0.2) is 10.3 Å². The van der Waals surface area contributed by atoms with E-state index in [1.165, 1.54) is 29.2 Å². The molecular weight excluding hydrogens is 368 g/mol. The Kier molecular flexibility index (Phi) is 5.98. The van der Waals surface area contributed by atoms with Gasteiger partial charge in [-0.15, -0.1) is 11.3 Å². The molecule has 2 aromatic heterocycles. The van der Waals surface area contributed by atoms with Crippen LogP contribution in [0, 0.1) is 0 Å². The fourth-order valence-corrected chi connectivity index (χ4v) is 3.10. The van der Waals surface area contributed by atoms with Crippen LogP contribution in [0.1, 0.15) is 5.56 Å². The Labute approximate surface area is 159 Å². The fourth-order valence-electron chi connectivity index (χ4n) is 2.06. The third-order valence-electron chi connectivity index (χ3n) is 3.38. The van der Waals surface area contributed by atoms with Crippen molar-refractivity contribution >= 4 is 40.2 Å². The molecule has 0 spiro atoms. The average Bonchev–Trinajstić information content (AvgIpc) is 3.15. The average molecular weight is 384 g/mol. The fraction of sp³-hybridized carbons (Fsp3) is 0.111. The first-order valence-corrected chi connectivity index (χ1v) is 9.73. The molecule has 0 aliphatic rings. The maximum Gasteiger partial charge on any atom is 0.250 e. The molecule has 0 aliphatic carbocycles. The van der Waals surface area contributed by atoms with Gasteiger partial charge in [0.25, 0.3) is 0 Å². The van der Waals surface area contributed by atoms with Crippen LogP contribution in [0.5, 0.6) is 5.75 Å². The van der Waals surface area contributed by atoms with E-state index >= 15 is 0 Å². The van der Waals surface area contributed by atoms with Crippen molar-refractivity contribution in [3.05, 3.63) is 53.7 Å². The number of nitrogens with one attached hydrogen (secondary N) is 1. The second-order valence-corrected chi connectivity index (χ2v) is 6.72. The molecule has 132 valence electrons. The van der Waals surface area contributed by atoms with E-state index in [0.29, 0.717) is 10.3 Å². The second kappa shape index (κ2) is 8.59. The molecule has 0 aliphatic heterocycles. The Morgan fingerprint density at radius 3 is 2.62 bits per heavy atom. The molecular formula is C18H16N4O2S2. The summed E-state index contributed by atoms with van der Waals surface area (Å²) < 4.78 is 5.15. The summed E-state index contributed by atoms with van der Waals surface area (Å²) in [5.74, 6) is 0.534. The number of anilines is 1. The largest absolute Gasteiger partial charge is 0.497 e. The van der Waals surface area contributed by atoms with Crippen LogP contribution in [0.3, 0.4) is 0 Å². The number of nitrogens with zero attached hydrogens (tertiary/aromatic N) is 3. The molecule has 1 amide bonds. The minimum absolute atomic E-state index is 0.255. The van der Waals surface area contributed by atoms with Crippen molar-refractivity contribution in [3.8, 4) is 17.0 Å². The number of ether oxygens (including phenoxy) is 1. The lowest BCUT2D eigenvalue weighted by atomic mass is 10.2. The van der Waals surface area contributed by atoms with Crippen LogP contribution in [0.25, 0.3) is 17.3 Å². The Balaban J connectivity index is 1.62. The van der Waals surface area contributed by atoms with Gasteiger partial charge in [0, 0.05) is 35.0 Å². The number of aromatic nitrogens is 3. The van der Waals surface area contributed by atoms with Crippen LogP contribution in [-0.2, 0) is 4.79 Å². The normalized spacial score (nSPS) is 10.8. The van der Waals surface area contributed by atoms with Gasteiger partial charge in [-0.05, 0) is 36.6 Å². The number of benzene rings is 1. The molecule has 8 heteroatoms. The lowest BCUT2D eigenvalue weighted by molar-refractivity contribution is -0.111. The van der Waals surface area contributed by atoms with E-state index in [9.17, 15) is 4.79 Å². The van der Waals surface area contributed by atoms with E-state index in [-0.39, 0.29) is 5.91 Å². The Bertz CT molecular complexity index is 906. The van der Waals surface area contributed by atoms with Gasteiger partial charge in [-0.3, -0.25) is 10.1 Å². The lowest BCUT2D eigenvalue weighted by Crippen LogP contribution is -2.07. The number of carbonyl (C=O) groups is 1. The molecule has 2 heterocycles. The summed E-state index contributed by atoms with van der Waals surface area (Å²) >= 11 is 2.84. The molecule has 0 bridgehead atoms. The Morgan fingerprint density at radius 1 is 1.23 bits per heavy atom. The number of rotatable bonds is 6. The molecule has 0 unspecified atom stereocenters. The number of amides is 1. The van der Waals surface area contributed by atoms with Gasteiger partial charge in [-0.25, -0.2) is 15.0 Å². The highest BCUT2D eigenvalue weighted by molar-refractivity contribution is 7.98. The highest BCUT2D eigenvalue weighted by Gasteiger charge is 2.07. The highest BCUT2D eigenvalue weighted by Crippen LogP contribution is 2.26. The molecule has 3 rings (SSSR count). The van der Waals surface area contributed by atoms with Crippen LogP contribution in [0.4, 0.5) is 5.13 Å². The zero-order valence-electron chi connectivity index (χ0n) is 14.2. The summed E-state index contributed by atoms with van der Waals surface area (Å²) in [6.45, 7) is 0. The second-order valence-electron chi connectivity index (χ2n) is 5.09. The maximum atomic E-state index is 12.0. The zero-order valence-corrected chi connectivity index (χ0v) is 15.8. The zero-order chi connectivity index (χ0) is 18.4. The van der Waals surface area contributed by atoms with Gasteiger partial charge in [0.05, 0.1) is 12.8 Å². The first kappa shape index (κ1) is 18.1. The van der Waals surface area contributed by atoms with E-state index in [2.05, 4.69) is 20.3 Å². The summed E-state index contributed by atoms with van der Waals surface area (Å²) in [6.07, 6.45) is 8.36. The van der Waals surface area contributed by atoms with E-state index < -0.39 is 0 Å². The Morgan fingerprint density at radius 2 is 1.96 bits per heavy atom. The SMILES string of the molecule is COc1ccc(-c2csc(NC(=O)/C=C/c3cnc(SC)nc3)n2)cc1. The smallest absolute Gasteiger partial charge is 0.250 e. The van der Waals surface area contributed by atoms with Gasteiger partial charge in [-0.2, -0.15) is 0 Å². The van der Waals surface area contributed by atoms with E-state index in [4.69, 9.17) is 4.74 Å². The van der Waals surface area contributed by atoms with Crippen LogP contribution < -0.4 is 10.1 Å². The number of methoxy groups -OCH3 is 1. The van der Waals surface area contributed by atoms with E-state index in [1.807, 2.05) is 35.9 Å². The molecule has 0 atom stereocenters. The number of thiazole rings is 1. The lowest BCUT2D eigenvalue weighted by Gasteiger charge is -2.00. The van der Waals surface area contributed by atoms with Gasteiger partial charge in [-0.1, -0.05) is 11.8 Å². The number of thioether (sulfide) groups is 1. The van der Waals surface area contributed by atoms with Gasteiger partial charge in [0.2, 0.25) is 5.91 Å². The molecule has 0 saturated carbocycles. The minimum atomic E-state index is -0.255. The highest BCUT2D eigenvalue weighted by atomic mass is 32.2. The summed E-state index contributed by atoms with van der Waals surface area (Å²) in [5, 5.41) is 5.89. The molecule has 1 aromatic carbocycles. The van der Waals surface area contributed by atoms with E-state index in [1.54, 1.807) is 25.6 Å². The third-order valence-corrected chi connectivity index (χ3v) is 4.71. The minimum Gasteiger partial charge on any atom is -0.497 e. The van der Waals surface area contributed by atoms with Crippen LogP contribution >= 0.6 is 23.1 Å². The predicted molar refractivity (Wildman–Crippen MR) is 106 cm³/mol. The van der Waals surface area contributed by atoms with Crippen molar-refractivity contribution in [2.75, 3.05) is 18.7 Å². The number of carbonyl (C=O) groups excluding carboxylic acids is 1. The van der Waals surface area contributed by atoms with Crippen molar-refractivity contribution in [2.45, 2.75) is 5.16 Å². The van der Waals surface area contributed by atoms with Crippen molar-refractivity contribution in [2.24, 2.45) is 0 Å². The van der Waals surface area contributed by atoms with Crippen molar-refractivity contribution in [1.29, 1.82) is 0 Å². The first-order chi connectivity index (χ1) is 12.7. The topological polar surface area (TPSA) is 77.0 Å². The molecule has 26 heavy (non-hydrogen) atoms. The summed E-state index contributed by atoms with van der Waals surface area (Å²) in [6, 6.07) is 7.61. The molecule has 3 aromatic rings. The molecule has 0 saturated heterocycles. The predicted octanol–water partition coefficient (Wildman–Crippen LogP) is 3.98. The van der Waals surface area contributed by atoms with Gasteiger partial charge >= 0.3 is 0 Å². The quantitative estimate of drug-likeness (QED) is 0.393. The third kappa shape index (κ3) is 4.68. The Hall–Kier alpha value is -2.71. The summed E-state index contributed by atoms with van der Waals surface area (Å²) in [4.78, 5) is 24.8. The van der Waals surface area contributed by atoms with Crippen molar-refractivity contribution in [1.82, 2.24) is 15.0 Å². The van der Waals surface area contributed by atoms with Crippen LogP contribution in [0.2, 0.25) is 0 Å². The molecule has 0 radical (unpaired) electrons. The number of hydrogen-bond acceptors (Lipinski definition) is 7.